The summed E-state index contributed by atoms with van der Waals surface area (Å²) < 4.78 is 13.2. The molecule has 4 aromatic carbocycles. The second-order valence-corrected chi connectivity index (χ2v) is 9.34. The van der Waals surface area contributed by atoms with E-state index < -0.39 is 0 Å². The van der Waals surface area contributed by atoms with Crippen LogP contribution < -0.4 is 0 Å². The molecule has 32 heavy (non-hydrogen) atoms. The summed E-state index contributed by atoms with van der Waals surface area (Å²) in [5, 5.41) is 4.89. The zero-order valence-electron chi connectivity index (χ0n) is 19.1. The fraction of sp³-hybridized carbons (Fsp3) is 0.333. The monoisotopic (exact) mass is 422 g/mol. The van der Waals surface area contributed by atoms with Crippen molar-refractivity contribution in [2.24, 2.45) is 0 Å². The van der Waals surface area contributed by atoms with Gasteiger partial charge >= 0.3 is 0 Å². The second-order valence-electron chi connectivity index (χ2n) is 9.34. The highest BCUT2D eigenvalue weighted by molar-refractivity contribution is 6.23. The minimum Gasteiger partial charge on any atom is -0.456 e. The molecule has 0 radical (unpaired) electrons. The Balaban J connectivity index is 1.63. The van der Waals surface area contributed by atoms with E-state index >= 15 is 0 Å². The minimum atomic E-state index is 0.958. The molecule has 6 rings (SSSR count). The summed E-state index contributed by atoms with van der Waals surface area (Å²) in [4.78, 5) is 0. The topological polar surface area (TPSA) is 26.3 Å². The molecule has 0 unspecified atom stereocenters. The molecule has 2 heteroatoms. The highest BCUT2D eigenvalue weighted by atomic mass is 16.3. The first-order chi connectivity index (χ1) is 15.8. The van der Waals surface area contributed by atoms with Gasteiger partial charge in [0.05, 0.1) is 0 Å². The molecule has 0 spiro atoms. The van der Waals surface area contributed by atoms with Crippen molar-refractivity contribution in [1.82, 2.24) is 0 Å². The van der Waals surface area contributed by atoms with Gasteiger partial charge in [-0.15, -0.1) is 0 Å². The van der Waals surface area contributed by atoms with Gasteiger partial charge in [0.2, 0.25) is 0 Å². The summed E-state index contributed by atoms with van der Waals surface area (Å²) in [6, 6.07) is 17.8. The molecule has 0 fully saturated rings. The summed E-state index contributed by atoms with van der Waals surface area (Å²) >= 11 is 0. The van der Waals surface area contributed by atoms with Crippen LogP contribution in [0.15, 0.2) is 57.4 Å². The van der Waals surface area contributed by atoms with Crippen LogP contribution in [0.4, 0.5) is 0 Å². The van der Waals surface area contributed by atoms with Gasteiger partial charge in [-0.1, -0.05) is 69.9 Å². The molecule has 2 nitrogen and oxygen atoms in total. The molecule has 0 atom stereocenters. The van der Waals surface area contributed by atoms with Gasteiger partial charge < -0.3 is 8.83 Å². The largest absolute Gasteiger partial charge is 0.456 e. The van der Waals surface area contributed by atoms with Crippen LogP contribution in [0.25, 0.3) is 55.0 Å². The number of aryl methyl sites for hydroxylation is 2. The van der Waals surface area contributed by atoms with Crippen molar-refractivity contribution in [3.63, 3.8) is 0 Å². The van der Waals surface area contributed by atoms with Gasteiger partial charge in [-0.25, -0.2) is 0 Å². The highest BCUT2D eigenvalue weighted by Crippen LogP contribution is 2.48. The maximum Gasteiger partial charge on any atom is 0.139 e. The first kappa shape index (κ1) is 19.7. The van der Waals surface area contributed by atoms with Gasteiger partial charge in [0.15, 0.2) is 0 Å². The molecule has 0 amide bonds. The number of hydrogen-bond acceptors (Lipinski definition) is 2. The van der Waals surface area contributed by atoms with Crippen molar-refractivity contribution in [1.29, 1.82) is 0 Å². The van der Waals surface area contributed by atoms with E-state index in [1.807, 2.05) is 0 Å². The van der Waals surface area contributed by atoms with Crippen molar-refractivity contribution in [2.75, 3.05) is 0 Å². The quantitative estimate of drug-likeness (QED) is 0.139. The van der Waals surface area contributed by atoms with E-state index in [0.717, 1.165) is 35.2 Å². The van der Waals surface area contributed by atoms with Gasteiger partial charge in [0, 0.05) is 21.9 Å². The molecule has 0 aromatic heterocycles. The SMILES string of the molecule is CCCCCc1cc2ccc3oc4c(CCCCC)ccc5ccc6oc(c1)c2c3-c6c54. The van der Waals surface area contributed by atoms with Crippen molar-refractivity contribution >= 4 is 43.9 Å². The summed E-state index contributed by atoms with van der Waals surface area (Å²) in [7, 11) is 0. The molecule has 2 aliphatic heterocycles. The van der Waals surface area contributed by atoms with Crippen LogP contribution in [-0.2, 0) is 12.8 Å². The Bertz CT molecular complexity index is 1500. The molecule has 0 saturated heterocycles. The van der Waals surface area contributed by atoms with E-state index in [2.05, 4.69) is 62.4 Å². The Morgan fingerprint density at radius 3 is 2.09 bits per heavy atom. The summed E-state index contributed by atoms with van der Waals surface area (Å²) in [5.74, 6) is 0. The number of hydrogen-bond donors (Lipinski definition) is 0. The zero-order chi connectivity index (χ0) is 21.7. The average molecular weight is 423 g/mol. The van der Waals surface area contributed by atoms with Gasteiger partial charge in [0.25, 0.3) is 0 Å². The van der Waals surface area contributed by atoms with E-state index in [9.17, 15) is 0 Å². The minimum absolute atomic E-state index is 0.958. The lowest BCUT2D eigenvalue weighted by atomic mass is 9.88. The standard InChI is InChI=1S/C30H30O2/c1-3-5-7-9-19-17-22-14-16-24-28-26(22)25(18-19)31-23-15-13-20-11-12-21(10-8-6-4-2)30(32-24)27(20)29(23)28/h11-18H,3-10H2,1-2H3. The Morgan fingerprint density at radius 1 is 0.594 bits per heavy atom. The maximum atomic E-state index is 6.66. The van der Waals surface area contributed by atoms with Crippen LogP contribution in [-0.4, -0.2) is 0 Å². The molecule has 2 heterocycles. The van der Waals surface area contributed by atoms with Crippen molar-refractivity contribution in [3.8, 4) is 11.1 Å². The Hall–Kier alpha value is -3.00. The zero-order valence-corrected chi connectivity index (χ0v) is 19.1. The third kappa shape index (κ3) is 3.00. The molecule has 0 saturated carbocycles. The average Bonchev–Trinajstić information content (AvgIpc) is 2.81. The van der Waals surface area contributed by atoms with E-state index in [1.165, 1.54) is 82.3 Å². The molecule has 162 valence electrons. The number of benzene rings is 4. The molecular weight excluding hydrogens is 392 g/mol. The van der Waals surface area contributed by atoms with Crippen LogP contribution in [0.1, 0.15) is 63.5 Å². The fourth-order valence-corrected chi connectivity index (χ4v) is 5.45. The second kappa shape index (κ2) is 7.85. The Kier molecular flexibility index (Phi) is 4.82. The van der Waals surface area contributed by atoms with E-state index in [0.29, 0.717) is 0 Å². The molecule has 0 aliphatic carbocycles. The van der Waals surface area contributed by atoms with Crippen LogP contribution in [0.5, 0.6) is 0 Å². The summed E-state index contributed by atoms with van der Waals surface area (Å²) in [6.07, 6.45) is 9.56. The molecule has 2 aliphatic rings. The van der Waals surface area contributed by atoms with E-state index in [1.54, 1.807) is 0 Å². The number of unbranched alkanes of at least 4 members (excludes halogenated alkanes) is 4. The lowest BCUT2D eigenvalue weighted by Gasteiger charge is -2.21. The maximum absolute atomic E-state index is 6.66. The van der Waals surface area contributed by atoms with Crippen LogP contribution in [0, 0.1) is 0 Å². The third-order valence-electron chi connectivity index (χ3n) is 7.09. The first-order valence-electron chi connectivity index (χ1n) is 12.3. The van der Waals surface area contributed by atoms with Crippen molar-refractivity contribution in [2.45, 2.75) is 65.2 Å². The van der Waals surface area contributed by atoms with Gasteiger partial charge in [0.1, 0.15) is 22.3 Å². The predicted molar refractivity (Wildman–Crippen MR) is 135 cm³/mol. The van der Waals surface area contributed by atoms with Gasteiger partial charge in [-0.3, -0.25) is 0 Å². The summed E-state index contributed by atoms with van der Waals surface area (Å²) in [6.45, 7) is 4.51. The van der Waals surface area contributed by atoms with Crippen molar-refractivity contribution in [3.05, 3.63) is 59.7 Å². The normalized spacial score (nSPS) is 12.4. The fourth-order valence-electron chi connectivity index (χ4n) is 5.45. The third-order valence-corrected chi connectivity index (χ3v) is 7.09. The summed E-state index contributed by atoms with van der Waals surface area (Å²) in [5.41, 5.74) is 9.03. The van der Waals surface area contributed by atoms with Crippen LogP contribution in [0.2, 0.25) is 0 Å². The van der Waals surface area contributed by atoms with Crippen LogP contribution >= 0.6 is 0 Å². The van der Waals surface area contributed by atoms with Crippen molar-refractivity contribution < 1.29 is 8.83 Å². The molecule has 4 aromatic rings. The van der Waals surface area contributed by atoms with Crippen LogP contribution in [0.3, 0.4) is 0 Å². The van der Waals surface area contributed by atoms with Gasteiger partial charge in [-0.05, 0) is 65.8 Å². The molecular formula is C30H30O2. The molecule has 0 bridgehead atoms. The number of rotatable bonds is 8. The van der Waals surface area contributed by atoms with E-state index in [4.69, 9.17) is 8.83 Å². The predicted octanol–water partition coefficient (Wildman–Crippen LogP) is 9.49. The smallest absolute Gasteiger partial charge is 0.139 e. The molecule has 0 N–H and O–H groups in total. The highest BCUT2D eigenvalue weighted by Gasteiger charge is 2.25. The Labute approximate surface area is 188 Å². The van der Waals surface area contributed by atoms with E-state index in [-0.39, 0.29) is 0 Å². The Morgan fingerprint density at radius 2 is 1.28 bits per heavy atom. The lowest BCUT2D eigenvalue weighted by molar-refractivity contribution is 0.638. The van der Waals surface area contributed by atoms with Gasteiger partial charge in [-0.2, -0.15) is 0 Å². The lowest BCUT2D eigenvalue weighted by Crippen LogP contribution is -1.97. The first-order valence-corrected chi connectivity index (χ1v) is 12.3.